The zero-order chi connectivity index (χ0) is 12.0. The van der Waals surface area contributed by atoms with Gasteiger partial charge < -0.3 is 9.64 Å². The average Bonchev–Trinajstić information content (AvgIpc) is 2.80. The molecule has 0 N–H and O–H groups in total. The van der Waals surface area contributed by atoms with Gasteiger partial charge in [-0.1, -0.05) is 6.92 Å². The fraction of sp³-hybridized carbons (Fsp3) is 0.500. The maximum absolute atomic E-state index is 11.9. The number of ether oxygens (including phenoxy) is 1. The third-order valence-electron chi connectivity index (χ3n) is 2.04. The number of esters is 1. The summed E-state index contributed by atoms with van der Waals surface area (Å²) in [4.78, 5) is 28.2. The minimum absolute atomic E-state index is 0.0403. The number of carbonyl (C=O) groups excluding carboxylic acids is 2. The zero-order valence-electron chi connectivity index (χ0n) is 9.42. The van der Waals surface area contributed by atoms with Gasteiger partial charge in [0.2, 0.25) is 0 Å². The summed E-state index contributed by atoms with van der Waals surface area (Å²) in [5.74, 6) is -0.429. The maximum atomic E-state index is 11.9. The summed E-state index contributed by atoms with van der Waals surface area (Å²) in [6, 6.07) is -0.273. The zero-order valence-corrected chi connectivity index (χ0v) is 9.42. The van der Waals surface area contributed by atoms with Crippen LogP contribution in [0, 0.1) is 0 Å². The van der Waals surface area contributed by atoms with E-state index in [1.54, 1.807) is 6.20 Å². The largest absolute Gasteiger partial charge is 0.468 e. The van der Waals surface area contributed by atoms with Crippen LogP contribution in [-0.2, 0) is 9.53 Å². The Hall–Kier alpha value is -1.85. The van der Waals surface area contributed by atoms with Crippen LogP contribution in [0.1, 0.15) is 13.3 Å². The van der Waals surface area contributed by atoms with Crippen molar-refractivity contribution in [1.29, 1.82) is 0 Å². The quantitative estimate of drug-likeness (QED) is 0.709. The molecule has 0 bridgehead atoms. The van der Waals surface area contributed by atoms with Gasteiger partial charge in [0.25, 0.3) is 0 Å². The summed E-state index contributed by atoms with van der Waals surface area (Å²) >= 11 is 0. The molecule has 6 heteroatoms. The number of hydrogen-bond acceptors (Lipinski definition) is 4. The monoisotopic (exact) mass is 225 g/mol. The minimum atomic E-state index is -0.429. The molecule has 0 aliphatic rings. The molecule has 0 aliphatic carbocycles. The Morgan fingerprint density at radius 2 is 2.25 bits per heavy atom. The van der Waals surface area contributed by atoms with E-state index in [1.165, 1.54) is 29.1 Å². The van der Waals surface area contributed by atoms with E-state index in [9.17, 15) is 9.59 Å². The van der Waals surface area contributed by atoms with Crippen LogP contribution in [0.15, 0.2) is 18.7 Å². The van der Waals surface area contributed by atoms with Gasteiger partial charge in [0.05, 0.1) is 7.11 Å². The van der Waals surface area contributed by atoms with Crippen LogP contribution in [0.4, 0.5) is 4.79 Å². The highest BCUT2D eigenvalue weighted by Crippen LogP contribution is 1.99. The van der Waals surface area contributed by atoms with Crippen molar-refractivity contribution in [2.45, 2.75) is 13.3 Å². The molecule has 1 rings (SSSR count). The Kier molecular flexibility index (Phi) is 4.50. The summed E-state index contributed by atoms with van der Waals surface area (Å²) < 4.78 is 5.87. The van der Waals surface area contributed by atoms with Crippen molar-refractivity contribution in [3.05, 3.63) is 18.7 Å². The van der Waals surface area contributed by atoms with E-state index < -0.39 is 5.97 Å². The summed E-state index contributed by atoms with van der Waals surface area (Å²) in [5, 5.41) is 0. The summed E-state index contributed by atoms with van der Waals surface area (Å²) in [5.41, 5.74) is 0. The van der Waals surface area contributed by atoms with Gasteiger partial charge in [0.1, 0.15) is 12.9 Å². The van der Waals surface area contributed by atoms with Crippen LogP contribution in [0.3, 0.4) is 0 Å². The van der Waals surface area contributed by atoms with Crippen LogP contribution in [0.25, 0.3) is 0 Å². The van der Waals surface area contributed by atoms with E-state index in [0.717, 1.165) is 6.42 Å². The molecule has 1 aromatic heterocycles. The Morgan fingerprint density at radius 1 is 1.50 bits per heavy atom. The average molecular weight is 225 g/mol. The molecule has 16 heavy (non-hydrogen) atoms. The van der Waals surface area contributed by atoms with E-state index in [0.29, 0.717) is 6.54 Å². The first kappa shape index (κ1) is 12.2. The van der Waals surface area contributed by atoms with Gasteiger partial charge in [-0.15, -0.1) is 0 Å². The van der Waals surface area contributed by atoms with Crippen molar-refractivity contribution < 1.29 is 14.3 Å². The molecule has 0 unspecified atom stereocenters. The molecule has 0 aromatic carbocycles. The van der Waals surface area contributed by atoms with Gasteiger partial charge >= 0.3 is 12.0 Å². The number of carbonyl (C=O) groups is 2. The second-order valence-electron chi connectivity index (χ2n) is 3.25. The third-order valence-corrected chi connectivity index (χ3v) is 2.04. The lowest BCUT2D eigenvalue weighted by molar-refractivity contribution is -0.141. The topological polar surface area (TPSA) is 64.4 Å². The number of hydrogen-bond donors (Lipinski definition) is 0. The van der Waals surface area contributed by atoms with Gasteiger partial charge in [-0.05, 0) is 6.42 Å². The lowest BCUT2D eigenvalue weighted by Crippen LogP contribution is -2.39. The molecule has 1 amide bonds. The van der Waals surface area contributed by atoms with Gasteiger partial charge in [-0.2, -0.15) is 0 Å². The lowest BCUT2D eigenvalue weighted by Gasteiger charge is -2.20. The highest BCUT2D eigenvalue weighted by Gasteiger charge is 2.17. The van der Waals surface area contributed by atoms with Gasteiger partial charge in [0.15, 0.2) is 0 Å². The second kappa shape index (κ2) is 5.89. The number of aromatic nitrogens is 2. The predicted molar refractivity (Wildman–Crippen MR) is 56.9 cm³/mol. The van der Waals surface area contributed by atoms with E-state index in [2.05, 4.69) is 9.72 Å². The molecule has 0 aliphatic heterocycles. The molecule has 0 spiro atoms. The fourth-order valence-electron chi connectivity index (χ4n) is 1.27. The molecule has 1 aromatic rings. The number of imidazole rings is 1. The fourth-order valence-corrected chi connectivity index (χ4v) is 1.27. The van der Waals surface area contributed by atoms with Crippen LogP contribution in [-0.4, -0.2) is 46.7 Å². The van der Waals surface area contributed by atoms with Crippen molar-refractivity contribution in [3.8, 4) is 0 Å². The third kappa shape index (κ3) is 3.08. The Bertz CT molecular complexity index is 348. The van der Waals surface area contributed by atoms with Crippen molar-refractivity contribution in [1.82, 2.24) is 14.5 Å². The number of methoxy groups -OCH3 is 1. The number of amides is 1. The molecule has 1 heterocycles. The van der Waals surface area contributed by atoms with E-state index in [4.69, 9.17) is 0 Å². The standard InChI is InChI=1S/C10H15N3O3/c1-3-5-12(7-9(14)16-2)10(15)13-6-4-11-8-13/h4,6,8H,3,5,7H2,1-2H3. The second-order valence-corrected chi connectivity index (χ2v) is 3.25. The molecule has 88 valence electrons. The highest BCUT2D eigenvalue weighted by atomic mass is 16.5. The molecule has 0 saturated heterocycles. The molecule has 0 radical (unpaired) electrons. The minimum Gasteiger partial charge on any atom is -0.468 e. The summed E-state index contributed by atoms with van der Waals surface area (Å²) in [7, 11) is 1.30. The molecule has 0 saturated carbocycles. The van der Waals surface area contributed by atoms with Gasteiger partial charge in [-0.25, -0.2) is 9.78 Å². The number of rotatable bonds is 4. The van der Waals surface area contributed by atoms with Crippen molar-refractivity contribution in [3.63, 3.8) is 0 Å². The Morgan fingerprint density at radius 3 is 2.75 bits per heavy atom. The van der Waals surface area contributed by atoms with E-state index in [-0.39, 0.29) is 12.6 Å². The molecular weight excluding hydrogens is 210 g/mol. The molecular formula is C10H15N3O3. The van der Waals surface area contributed by atoms with Crippen LogP contribution >= 0.6 is 0 Å². The predicted octanol–water partition coefficient (Wildman–Crippen LogP) is 0.736. The van der Waals surface area contributed by atoms with Gasteiger partial charge in [0, 0.05) is 18.9 Å². The normalized spacial score (nSPS) is 9.88. The van der Waals surface area contributed by atoms with Crippen LogP contribution in [0.5, 0.6) is 0 Å². The van der Waals surface area contributed by atoms with Crippen LogP contribution in [0.2, 0.25) is 0 Å². The molecule has 0 atom stereocenters. The summed E-state index contributed by atoms with van der Waals surface area (Å²) in [6.07, 6.45) is 5.24. The Labute approximate surface area is 93.8 Å². The van der Waals surface area contributed by atoms with Crippen molar-refractivity contribution in [2.24, 2.45) is 0 Å². The van der Waals surface area contributed by atoms with Crippen molar-refractivity contribution in [2.75, 3.05) is 20.2 Å². The van der Waals surface area contributed by atoms with E-state index in [1.807, 2.05) is 6.92 Å². The maximum Gasteiger partial charge on any atom is 0.329 e. The first-order valence-electron chi connectivity index (χ1n) is 5.03. The SMILES string of the molecule is CCCN(CC(=O)OC)C(=O)n1ccnc1. The Balaban J connectivity index is 2.69. The molecule has 0 fully saturated rings. The van der Waals surface area contributed by atoms with Gasteiger partial charge in [-0.3, -0.25) is 9.36 Å². The van der Waals surface area contributed by atoms with E-state index >= 15 is 0 Å². The smallest absolute Gasteiger partial charge is 0.329 e. The molecule has 6 nitrogen and oxygen atoms in total. The number of nitrogens with zero attached hydrogens (tertiary/aromatic N) is 3. The first-order valence-corrected chi connectivity index (χ1v) is 5.03. The highest BCUT2D eigenvalue weighted by molar-refractivity contribution is 5.82. The van der Waals surface area contributed by atoms with Crippen molar-refractivity contribution >= 4 is 12.0 Å². The first-order chi connectivity index (χ1) is 7.69. The lowest BCUT2D eigenvalue weighted by atomic mass is 10.4. The van der Waals surface area contributed by atoms with Crippen LogP contribution < -0.4 is 0 Å². The summed E-state index contributed by atoms with van der Waals surface area (Å²) in [6.45, 7) is 2.40.